The highest BCUT2D eigenvalue weighted by molar-refractivity contribution is 7.99. The zero-order valence-corrected chi connectivity index (χ0v) is 21.5. The second-order valence-corrected chi connectivity index (χ2v) is 9.82. The Morgan fingerprint density at radius 2 is 0.976 bits per heavy atom. The maximum Gasteiger partial charge on any atom is 0.417 e. The summed E-state index contributed by atoms with van der Waals surface area (Å²) in [5.41, 5.74) is 7.56. The van der Waals surface area contributed by atoms with Crippen molar-refractivity contribution in [3.05, 3.63) is 107 Å². The van der Waals surface area contributed by atoms with E-state index in [0.717, 1.165) is 12.1 Å². The first-order valence-electron chi connectivity index (χ1n) is 11.6. The fourth-order valence-electron chi connectivity index (χ4n) is 3.80. The summed E-state index contributed by atoms with van der Waals surface area (Å²) in [7, 11) is 0. The summed E-state index contributed by atoms with van der Waals surface area (Å²) in [5, 5.41) is 4.88. The zero-order valence-electron chi connectivity index (χ0n) is 20.7. The van der Waals surface area contributed by atoms with Crippen molar-refractivity contribution in [2.45, 2.75) is 22.1 Å². The summed E-state index contributed by atoms with van der Waals surface area (Å²) in [6.07, 6.45) is -9.58. The van der Waals surface area contributed by atoms with Gasteiger partial charge in [0.05, 0.1) is 22.3 Å². The molecule has 4 aromatic carbocycles. The van der Waals surface area contributed by atoms with Gasteiger partial charge >= 0.3 is 12.4 Å². The third-order valence-electron chi connectivity index (χ3n) is 5.61. The fourth-order valence-corrected chi connectivity index (χ4v) is 4.73. The number of amides is 2. The molecule has 0 saturated heterocycles. The number of rotatable bonds is 6. The fraction of sp³-hybridized carbons (Fsp3) is 0.0714. The van der Waals surface area contributed by atoms with Crippen molar-refractivity contribution < 1.29 is 35.9 Å². The molecular weight excluding hydrogens is 570 g/mol. The van der Waals surface area contributed by atoms with Crippen LogP contribution in [0, 0.1) is 0 Å². The second kappa shape index (κ2) is 11.5. The SMILES string of the molecule is Nc1ccc(C(=O)Nc2cccc(Sc3cccc(NC(=O)c4ccc(N)cc4C(F)(F)F)c3)c2)c(C(F)(F)F)c1. The van der Waals surface area contributed by atoms with Gasteiger partial charge in [-0.25, -0.2) is 0 Å². The predicted octanol–water partition coefficient (Wildman–Crippen LogP) is 7.54. The molecule has 41 heavy (non-hydrogen) atoms. The second-order valence-electron chi connectivity index (χ2n) is 8.67. The minimum atomic E-state index is -4.79. The molecule has 6 nitrogen and oxygen atoms in total. The molecule has 0 heterocycles. The molecule has 0 fully saturated rings. The quantitative estimate of drug-likeness (QED) is 0.137. The number of halogens is 6. The maximum absolute atomic E-state index is 13.4. The van der Waals surface area contributed by atoms with Gasteiger partial charge in [0.1, 0.15) is 0 Å². The van der Waals surface area contributed by atoms with Crippen LogP contribution in [0.15, 0.2) is 94.7 Å². The normalized spacial score (nSPS) is 11.7. The number of nitrogens with two attached hydrogens (primary N) is 2. The monoisotopic (exact) mass is 590 g/mol. The van der Waals surface area contributed by atoms with Crippen LogP contribution in [0.5, 0.6) is 0 Å². The van der Waals surface area contributed by atoms with Crippen molar-refractivity contribution in [2.24, 2.45) is 0 Å². The van der Waals surface area contributed by atoms with E-state index in [2.05, 4.69) is 10.6 Å². The molecule has 0 aliphatic carbocycles. The Bertz CT molecular complexity index is 1500. The Labute approximate surface area is 233 Å². The molecule has 6 N–H and O–H groups in total. The Hall–Kier alpha value is -4.65. The molecule has 212 valence electrons. The Balaban J connectivity index is 1.50. The lowest BCUT2D eigenvalue weighted by Crippen LogP contribution is -2.19. The molecular formula is C28H20F6N4O2S. The van der Waals surface area contributed by atoms with Crippen molar-refractivity contribution in [3.63, 3.8) is 0 Å². The van der Waals surface area contributed by atoms with Crippen LogP contribution in [0.3, 0.4) is 0 Å². The van der Waals surface area contributed by atoms with Crippen LogP contribution in [-0.4, -0.2) is 11.8 Å². The van der Waals surface area contributed by atoms with E-state index in [1.54, 1.807) is 24.3 Å². The highest BCUT2D eigenvalue weighted by atomic mass is 32.2. The highest BCUT2D eigenvalue weighted by Crippen LogP contribution is 2.36. The Kier molecular flexibility index (Phi) is 8.19. The molecule has 0 spiro atoms. The van der Waals surface area contributed by atoms with E-state index < -0.39 is 46.4 Å². The first-order valence-corrected chi connectivity index (χ1v) is 12.5. The predicted molar refractivity (Wildman–Crippen MR) is 145 cm³/mol. The van der Waals surface area contributed by atoms with Crippen molar-refractivity contribution in [1.82, 2.24) is 0 Å². The number of carbonyl (C=O) groups is 2. The van der Waals surface area contributed by atoms with Gasteiger partial charge in [-0.1, -0.05) is 23.9 Å². The molecule has 2 amide bonds. The van der Waals surface area contributed by atoms with Gasteiger partial charge in [-0.05, 0) is 72.8 Å². The van der Waals surface area contributed by atoms with Crippen LogP contribution >= 0.6 is 11.8 Å². The van der Waals surface area contributed by atoms with Gasteiger partial charge in [-0.2, -0.15) is 26.3 Å². The largest absolute Gasteiger partial charge is 0.417 e. The van der Waals surface area contributed by atoms with E-state index in [1.165, 1.54) is 48.2 Å². The molecule has 4 rings (SSSR count). The first-order chi connectivity index (χ1) is 19.2. The molecule has 4 aromatic rings. The third kappa shape index (κ3) is 7.31. The van der Waals surface area contributed by atoms with Crippen molar-refractivity contribution >= 4 is 46.3 Å². The van der Waals surface area contributed by atoms with Crippen LogP contribution in [-0.2, 0) is 12.4 Å². The summed E-state index contributed by atoms with van der Waals surface area (Å²) >= 11 is 1.18. The van der Waals surface area contributed by atoms with Gasteiger partial charge in [0.15, 0.2) is 0 Å². The standard InChI is InChI=1S/C28H20F6N4O2S/c29-27(30,31)23-11-15(35)7-9-21(23)25(39)37-17-3-1-5-19(13-17)41-20-6-2-4-18(14-20)38-26(40)22-10-8-16(36)12-24(22)28(32,33)34/h1-14H,35-36H2,(H,37,39)(H,38,40). The molecule has 0 bridgehead atoms. The number of benzene rings is 4. The van der Waals surface area contributed by atoms with Crippen molar-refractivity contribution in [3.8, 4) is 0 Å². The molecule has 0 saturated carbocycles. The summed E-state index contributed by atoms with van der Waals surface area (Å²) in [4.78, 5) is 26.5. The Morgan fingerprint density at radius 3 is 1.34 bits per heavy atom. The minimum Gasteiger partial charge on any atom is -0.399 e. The van der Waals surface area contributed by atoms with E-state index in [1.807, 2.05) is 0 Å². The van der Waals surface area contributed by atoms with Crippen LogP contribution in [0.2, 0.25) is 0 Å². The molecule has 0 radical (unpaired) electrons. The number of carbonyl (C=O) groups excluding carboxylic acids is 2. The topological polar surface area (TPSA) is 110 Å². The van der Waals surface area contributed by atoms with Gasteiger partial charge < -0.3 is 22.1 Å². The third-order valence-corrected chi connectivity index (χ3v) is 6.59. The van der Waals surface area contributed by atoms with E-state index in [0.29, 0.717) is 21.9 Å². The number of nitrogens with one attached hydrogen (secondary N) is 2. The van der Waals surface area contributed by atoms with Crippen LogP contribution in [0.4, 0.5) is 49.1 Å². The molecule has 13 heteroatoms. The lowest BCUT2D eigenvalue weighted by atomic mass is 10.1. The summed E-state index contributed by atoms with van der Waals surface area (Å²) in [6, 6.07) is 18.3. The smallest absolute Gasteiger partial charge is 0.399 e. The van der Waals surface area contributed by atoms with Crippen molar-refractivity contribution in [2.75, 3.05) is 22.1 Å². The minimum absolute atomic E-state index is 0.139. The average Bonchev–Trinajstić information content (AvgIpc) is 2.88. The van der Waals surface area contributed by atoms with E-state index in [-0.39, 0.29) is 22.7 Å². The molecule has 0 aliphatic rings. The van der Waals surface area contributed by atoms with E-state index in [9.17, 15) is 35.9 Å². The van der Waals surface area contributed by atoms with Crippen LogP contribution in [0.1, 0.15) is 31.8 Å². The zero-order chi connectivity index (χ0) is 29.9. The summed E-state index contributed by atoms with van der Waals surface area (Å²) in [5.74, 6) is -1.96. The lowest BCUT2D eigenvalue weighted by Gasteiger charge is -2.14. The maximum atomic E-state index is 13.4. The van der Waals surface area contributed by atoms with Gasteiger partial charge in [0.2, 0.25) is 0 Å². The molecule has 0 unspecified atom stereocenters. The molecule has 0 aromatic heterocycles. The van der Waals surface area contributed by atoms with E-state index >= 15 is 0 Å². The number of alkyl halides is 6. The van der Waals surface area contributed by atoms with Crippen LogP contribution < -0.4 is 22.1 Å². The highest BCUT2D eigenvalue weighted by Gasteiger charge is 2.36. The van der Waals surface area contributed by atoms with Gasteiger partial charge in [-0.3, -0.25) is 9.59 Å². The molecule has 0 atom stereocenters. The number of nitrogen functional groups attached to an aromatic ring is 2. The van der Waals surface area contributed by atoms with Gasteiger partial charge in [0, 0.05) is 32.5 Å². The van der Waals surface area contributed by atoms with E-state index in [4.69, 9.17) is 11.5 Å². The number of anilines is 4. The average molecular weight is 591 g/mol. The lowest BCUT2D eigenvalue weighted by molar-refractivity contribution is -0.138. The summed E-state index contributed by atoms with van der Waals surface area (Å²) < 4.78 is 80.5. The number of hydrogen-bond acceptors (Lipinski definition) is 5. The van der Waals surface area contributed by atoms with Gasteiger partial charge in [-0.15, -0.1) is 0 Å². The first kappa shape index (κ1) is 29.3. The van der Waals surface area contributed by atoms with Crippen molar-refractivity contribution in [1.29, 1.82) is 0 Å². The summed E-state index contributed by atoms with van der Waals surface area (Å²) in [6.45, 7) is 0. The number of hydrogen-bond donors (Lipinski definition) is 4. The van der Waals surface area contributed by atoms with Crippen LogP contribution in [0.25, 0.3) is 0 Å². The molecule has 0 aliphatic heterocycles. The van der Waals surface area contributed by atoms with Gasteiger partial charge in [0.25, 0.3) is 11.8 Å². The Morgan fingerprint density at radius 1 is 0.585 bits per heavy atom.